The Hall–Kier alpha value is 0.510. The number of hydrogen-bond acceptors (Lipinski definition) is 0. The van der Waals surface area contributed by atoms with Crippen molar-refractivity contribution in [2.45, 2.75) is 11.3 Å². The average Bonchev–Trinajstić information content (AvgIpc) is 1.61. The van der Waals surface area contributed by atoms with Crippen LogP contribution in [-0.2, 0) is 0 Å². The molecule has 0 amide bonds. The van der Waals surface area contributed by atoms with E-state index >= 15 is 0 Å². The summed E-state index contributed by atoms with van der Waals surface area (Å²) in [5.74, 6) is 0. The molecule has 0 aliphatic rings. The van der Waals surface area contributed by atoms with Crippen molar-refractivity contribution in [2.24, 2.45) is 0 Å². The van der Waals surface area contributed by atoms with Crippen LogP contribution in [0.3, 0.4) is 0 Å². The molecular formula is C3H5F5P2. The van der Waals surface area contributed by atoms with Crippen molar-refractivity contribution < 1.29 is 22.0 Å². The summed E-state index contributed by atoms with van der Waals surface area (Å²) in [6.07, 6.45) is -6.28. The fraction of sp³-hybridized carbons (Fsp3) is 1.00. The average molecular weight is 198 g/mol. The molecule has 0 radical (unpaired) electrons. The van der Waals surface area contributed by atoms with Crippen LogP contribution in [0, 0.1) is 0 Å². The summed E-state index contributed by atoms with van der Waals surface area (Å²) in [6, 6.07) is 0. The normalized spacial score (nSPS) is 19.8. The van der Waals surface area contributed by atoms with E-state index in [0.717, 1.165) is 9.24 Å². The Morgan fingerprint density at radius 2 is 1.60 bits per heavy atom. The maximum atomic E-state index is 12.2. The zero-order valence-corrected chi connectivity index (χ0v) is 6.83. The molecule has 0 aromatic heterocycles. The summed E-state index contributed by atoms with van der Waals surface area (Å²) in [5, 5.41) is -3.44. The second-order valence-electron chi connectivity index (χ2n) is 1.52. The molecule has 0 N–H and O–H groups in total. The van der Waals surface area contributed by atoms with E-state index in [2.05, 4.69) is 0 Å². The summed E-state index contributed by atoms with van der Waals surface area (Å²) < 4.78 is 57.9. The molecule has 0 saturated heterocycles. The van der Waals surface area contributed by atoms with Gasteiger partial charge in [-0.1, -0.05) is 9.24 Å². The quantitative estimate of drug-likeness (QED) is 0.472. The lowest BCUT2D eigenvalue weighted by molar-refractivity contribution is -0.167. The van der Waals surface area contributed by atoms with Gasteiger partial charge >= 0.3 is 6.18 Å². The van der Waals surface area contributed by atoms with E-state index in [9.17, 15) is 22.0 Å². The van der Waals surface area contributed by atoms with Gasteiger partial charge in [0.1, 0.15) is 6.42 Å². The van der Waals surface area contributed by atoms with E-state index in [0.29, 0.717) is 0 Å². The molecule has 0 fully saturated rings. The van der Waals surface area contributed by atoms with E-state index in [1.165, 1.54) is 0 Å². The molecule has 0 saturated carbocycles. The first-order chi connectivity index (χ1) is 4.31. The SMILES string of the molecule is FCPC(F)(P)C(F)(F)F. The first kappa shape index (κ1) is 10.5. The van der Waals surface area contributed by atoms with Crippen molar-refractivity contribution in [2.75, 3.05) is 6.42 Å². The Kier molecular flexibility index (Phi) is 3.44. The molecule has 0 aliphatic heterocycles. The van der Waals surface area contributed by atoms with Crippen molar-refractivity contribution in [1.29, 1.82) is 0 Å². The van der Waals surface area contributed by atoms with Gasteiger partial charge in [0.15, 0.2) is 0 Å². The molecule has 0 aromatic carbocycles. The van der Waals surface area contributed by atoms with Crippen LogP contribution < -0.4 is 0 Å². The van der Waals surface area contributed by atoms with Gasteiger partial charge in [0.05, 0.1) is 0 Å². The van der Waals surface area contributed by atoms with Gasteiger partial charge in [-0.05, 0) is 8.58 Å². The monoisotopic (exact) mass is 198 g/mol. The zero-order valence-electron chi connectivity index (χ0n) is 4.67. The van der Waals surface area contributed by atoms with E-state index in [-0.39, 0.29) is 0 Å². The topological polar surface area (TPSA) is 0 Å². The van der Waals surface area contributed by atoms with E-state index in [4.69, 9.17) is 0 Å². The number of hydrogen-bond donors (Lipinski definition) is 0. The fourth-order valence-corrected chi connectivity index (χ4v) is 0.824. The van der Waals surface area contributed by atoms with Gasteiger partial charge in [-0.15, -0.1) is 0 Å². The van der Waals surface area contributed by atoms with Crippen molar-refractivity contribution >= 4 is 17.8 Å². The predicted molar refractivity (Wildman–Crippen MR) is 33.9 cm³/mol. The molecule has 3 unspecified atom stereocenters. The molecule has 10 heavy (non-hydrogen) atoms. The van der Waals surface area contributed by atoms with Gasteiger partial charge in [-0.2, -0.15) is 13.2 Å². The van der Waals surface area contributed by atoms with E-state index in [1.54, 1.807) is 0 Å². The van der Waals surface area contributed by atoms with Crippen LogP contribution in [0.25, 0.3) is 0 Å². The Labute approximate surface area is 58.5 Å². The lowest BCUT2D eigenvalue weighted by atomic mass is 10.7. The first-order valence-corrected chi connectivity index (χ1v) is 3.95. The Morgan fingerprint density at radius 3 is 1.70 bits per heavy atom. The molecule has 0 bridgehead atoms. The number of alkyl halides is 5. The van der Waals surface area contributed by atoms with Crippen molar-refractivity contribution in [3.63, 3.8) is 0 Å². The third-order valence-electron chi connectivity index (χ3n) is 0.737. The van der Waals surface area contributed by atoms with Crippen LogP contribution in [0.15, 0.2) is 0 Å². The summed E-state index contributed by atoms with van der Waals surface area (Å²) >= 11 is 0. The van der Waals surface area contributed by atoms with E-state index < -0.39 is 26.3 Å². The van der Waals surface area contributed by atoms with Crippen LogP contribution in [-0.4, -0.2) is 17.7 Å². The van der Waals surface area contributed by atoms with Crippen molar-refractivity contribution in [1.82, 2.24) is 0 Å². The van der Waals surface area contributed by atoms with Crippen molar-refractivity contribution in [3.05, 3.63) is 0 Å². The molecule has 0 nitrogen and oxygen atoms in total. The highest BCUT2D eigenvalue weighted by molar-refractivity contribution is 7.51. The smallest absolute Gasteiger partial charge is 0.246 e. The molecule has 3 atom stereocenters. The number of rotatable bonds is 2. The van der Waals surface area contributed by atoms with Crippen LogP contribution in [0.2, 0.25) is 0 Å². The molecule has 7 heteroatoms. The standard InChI is InChI=1S/C3H5F5P2/c4-1-10-3(8,9)2(5,6)7/h10H,1,9H2. The molecule has 0 spiro atoms. The minimum absolute atomic E-state index is 0.963. The van der Waals surface area contributed by atoms with Gasteiger partial charge in [0, 0.05) is 0 Å². The largest absolute Gasteiger partial charge is 0.429 e. The first-order valence-electron chi connectivity index (χ1n) is 2.17. The van der Waals surface area contributed by atoms with Crippen molar-refractivity contribution in [3.8, 4) is 0 Å². The molecule has 0 rings (SSSR count). The Balaban J connectivity index is 4.10. The third-order valence-corrected chi connectivity index (χ3v) is 2.61. The fourth-order valence-electron chi connectivity index (χ4n) is 0.197. The minimum Gasteiger partial charge on any atom is -0.246 e. The van der Waals surface area contributed by atoms with Crippen LogP contribution >= 0.6 is 17.8 Å². The summed E-state index contributed by atoms with van der Waals surface area (Å²) in [4.78, 5) is 0. The van der Waals surface area contributed by atoms with Gasteiger partial charge in [-0.3, -0.25) is 0 Å². The second-order valence-corrected chi connectivity index (χ2v) is 4.24. The molecule has 62 valence electrons. The molecule has 0 aliphatic carbocycles. The van der Waals surface area contributed by atoms with Crippen LogP contribution in [0.4, 0.5) is 22.0 Å². The lowest BCUT2D eigenvalue weighted by Gasteiger charge is -2.21. The molecule has 0 aromatic rings. The summed E-state index contributed by atoms with van der Waals surface area (Å²) in [6.45, 7) is 0. The second kappa shape index (κ2) is 3.27. The maximum Gasteiger partial charge on any atom is 0.429 e. The summed E-state index contributed by atoms with van der Waals surface area (Å²) in [5.41, 5.74) is 0. The highest BCUT2D eigenvalue weighted by Crippen LogP contribution is 2.51. The molecule has 0 heterocycles. The predicted octanol–water partition coefficient (Wildman–Crippen LogP) is 2.65. The minimum atomic E-state index is -4.98. The zero-order chi connectivity index (χ0) is 8.41. The van der Waals surface area contributed by atoms with Gasteiger partial charge in [0.25, 0.3) is 0 Å². The number of halogens is 5. The van der Waals surface area contributed by atoms with Crippen LogP contribution in [0.1, 0.15) is 0 Å². The molecular weight excluding hydrogens is 193 g/mol. The van der Waals surface area contributed by atoms with Gasteiger partial charge < -0.3 is 0 Å². The van der Waals surface area contributed by atoms with E-state index in [1.807, 2.05) is 0 Å². The highest BCUT2D eigenvalue weighted by Gasteiger charge is 2.52. The Morgan fingerprint density at radius 1 is 1.20 bits per heavy atom. The summed E-state index contributed by atoms with van der Waals surface area (Å²) in [7, 11) is -0.440. The highest BCUT2D eigenvalue weighted by atomic mass is 31.1. The third kappa shape index (κ3) is 2.63. The van der Waals surface area contributed by atoms with Gasteiger partial charge in [0.2, 0.25) is 5.15 Å². The Bertz CT molecular complexity index is 108. The van der Waals surface area contributed by atoms with Crippen LogP contribution in [0.5, 0.6) is 0 Å². The van der Waals surface area contributed by atoms with Gasteiger partial charge in [-0.25, -0.2) is 8.78 Å². The lowest BCUT2D eigenvalue weighted by Crippen LogP contribution is -2.29. The maximum absolute atomic E-state index is 12.2.